The lowest BCUT2D eigenvalue weighted by atomic mass is 9.39. The molecule has 1 saturated carbocycles. The molecule has 3 aromatic heterocycles. The second-order valence-electron chi connectivity index (χ2n) is 14.7. The average Bonchev–Trinajstić information content (AvgIpc) is 3.85. The molecule has 0 saturated heterocycles. The van der Waals surface area contributed by atoms with Gasteiger partial charge in [0.2, 0.25) is 0 Å². The van der Waals surface area contributed by atoms with E-state index in [1.165, 1.54) is 94.4 Å². The molecule has 1 fully saturated rings. The van der Waals surface area contributed by atoms with E-state index in [0.717, 1.165) is 16.9 Å². The number of anilines is 5. The third-order valence-corrected chi connectivity index (χ3v) is 15.1. The molecule has 6 heteroatoms. The highest BCUT2D eigenvalue weighted by molar-refractivity contribution is 7.40. The van der Waals surface area contributed by atoms with Crippen LogP contribution in [0, 0.1) is 0 Å². The molecule has 0 radical (unpaired) electrons. The van der Waals surface area contributed by atoms with Crippen molar-refractivity contribution in [1.29, 1.82) is 0 Å². The van der Waals surface area contributed by atoms with Crippen LogP contribution in [0.4, 0.5) is 28.4 Å². The van der Waals surface area contributed by atoms with Gasteiger partial charge in [-0.1, -0.05) is 92.6 Å². The van der Waals surface area contributed by atoms with Crippen LogP contribution >= 0.6 is 22.7 Å². The third kappa shape index (κ3) is 2.89. The Morgan fingerprint density at radius 2 is 1.29 bits per heavy atom. The van der Waals surface area contributed by atoms with E-state index in [0.29, 0.717) is 0 Å². The summed E-state index contributed by atoms with van der Waals surface area (Å²) in [6, 6.07) is 38.4. The normalized spacial score (nSPS) is 22.1. The van der Waals surface area contributed by atoms with Crippen molar-refractivity contribution in [2.24, 2.45) is 0 Å². The van der Waals surface area contributed by atoms with Crippen LogP contribution in [0.15, 0.2) is 108 Å². The van der Waals surface area contributed by atoms with Crippen molar-refractivity contribution in [1.82, 2.24) is 0 Å². The van der Waals surface area contributed by atoms with Crippen LogP contribution in [0.2, 0.25) is 0 Å². The highest BCUT2D eigenvalue weighted by atomic mass is 32.1. The number of benzene rings is 5. The Kier molecular flexibility index (Phi) is 4.81. The number of nitrogens with zero attached hydrogens (tertiary/aromatic N) is 2. The summed E-state index contributed by atoms with van der Waals surface area (Å²) in [6.07, 6.45) is 5.00. The van der Waals surface area contributed by atoms with E-state index in [2.05, 4.69) is 127 Å². The topological polar surface area (TPSA) is 19.6 Å². The molecular weight excluding hydrogens is 623 g/mol. The predicted molar refractivity (Wildman–Crippen MR) is 207 cm³/mol. The summed E-state index contributed by atoms with van der Waals surface area (Å²) in [6.45, 7) is 5.34. The molecule has 4 aliphatic rings. The Morgan fingerprint density at radius 1 is 0.625 bits per heavy atom. The van der Waals surface area contributed by atoms with Gasteiger partial charge in [0, 0.05) is 57.3 Å². The fraction of sp³-hybridized carbons (Fsp3) is 0.190. The van der Waals surface area contributed by atoms with E-state index in [1.54, 1.807) is 5.56 Å². The van der Waals surface area contributed by atoms with Crippen LogP contribution in [0.1, 0.15) is 45.1 Å². The zero-order valence-electron chi connectivity index (χ0n) is 26.8. The number of hydrogen-bond donors (Lipinski definition) is 0. The van der Waals surface area contributed by atoms with Gasteiger partial charge in [-0.15, -0.1) is 22.7 Å². The second-order valence-corrected chi connectivity index (χ2v) is 16.9. The largest absolute Gasteiger partial charge is 0.454 e. The van der Waals surface area contributed by atoms with Crippen molar-refractivity contribution in [2.75, 3.05) is 9.80 Å². The highest BCUT2D eigenvalue weighted by Gasteiger charge is 2.62. The molecule has 0 amide bonds. The lowest BCUT2D eigenvalue weighted by molar-refractivity contribution is 0.195. The first kappa shape index (κ1) is 26.4. The van der Waals surface area contributed by atoms with Gasteiger partial charge in [-0.3, -0.25) is 0 Å². The quantitative estimate of drug-likeness (QED) is 0.164. The molecular formula is C42H31BN2OS2. The lowest BCUT2D eigenvalue weighted by Gasteiger charge is -2.51. The summed E-state index contributed by atoms with van der Waals surface area (Å²) < 4.78 is 12.5. The summed E-state index contributed by atoms with van der Waals surface area (Å²) >= 11 is 4.01. The van der Waals surface area contributed by atoms with Crippen molar-refractivity contribution in [3.8, 4) is 0 Å². The zero-order chi connectivity index (χ0) is 31.5. The van der Waals surface area contributed by atoms with Crippen molar-refractivity contribution in [3.63, 3.8) is 0 Å². The van der Waals surface area contributed by atoms with Crippen molar-refractivity contribution >= 4 is 115 Å². The molecule has 230 valence electrons. The minimum Gasteiger partial charge on any atom is -0.454 e. The molecule has 0 N–H and O–H groups in total. The molecule has 8 aromatic rings. The van der Waals surface area contributed by atoms with Gasteiger partial charge in [-0.2, -0.15) is 0 Å². The molecule has 2 atom stereocenters. The number of fused-ring (bicyclic) bond motifs is 15. The van der Waals surface area contributed by atoms with Gasteiger partial charge in [0.05, 0.1) is 22.6 Å². The van der Waals surface area contributed by atoms with Gasteiger partial charge in [0.15, 0.2) is 5.58 Å². The Balaban J connectivity index is 1.26. The van der Waals surface area contributed by atoms with Crippen LogP contribution in [0.5, 0.6) is 0 Å². The highest BCUT2D eigenvalue weighted by Crippen LogP contribution is 2.63. The average molecular weight is 655 g/mol. The van der Waals surface area contributed by atoms with Gasteiger partial charge >= 0.3 is 0 Å². The van der Waals surface area contributed by atoms with Gasteiger partial charge < -0.3 is 14.2 Å². The van der Waals surface area contributed by atoms with E-state index < -0.39 is 0 Å². The first-order valence-corrected chi connectivity index (χ1v) is 18.9. The fourth-order valence-electron chi connectivity index (χ4n) is 10.3. The molecule has 5 aromatic carbocycles. The molecule has 3 aliphatic heterocycles. The van der Waals surface area contributed by atoms with Crippen molar-refractivity contribution < 1.29 is 4.42 Å². The monoisotopic (exact) mass is 654 g/mol. The maximum absolute atomic E-state index is 6.77. The maximum Gasteiger partial charge on any atom is 0.277 e. The third-order valence-electron chi connectivity index (χ3n) is 12.6. The molecule has 12 rings (SSSR count). The maximum atomic E-state index is 6.77. The summed E-state index contributed by atoms with van der Waals surface area (Å²) in [7, 11) is 0. The molecule has 3 nitrogen and oxygen atoms in total. The van der Waals surface area contributed by atoms with E-state index >= 15 is 0 Å². The van der Waals surface area contributed by atoms with Crippen LogP contribution in [0.3, 0.4) is 0 Å². The Hall–Kier alpha value is -4.52. The first-order valence-electron chi connectivity index (χ1n) is 17.3. The predicted octanol–water partition coefficient (Wildman–Crippen LogP) is 10.4. The molecule has 0 spiro atoms. The lowest BCUT2D eigenvalue weighted by Crippen LogP contribution is -2.63. The molecule has 0 bridgehead atoms. The minimum atomic E-state index is 0.0102. The van der Waals surface area contributed by atoms with E-state index in [-0.39, 0.29) is 17.7 Å². The Morgan fingerprint density at radius 3 is 2.10 bits per heavy atom. The summed E-state index contributed by atoms with van der Waals surface area (Å²) in [5, 5.41) is 5.06. The Bertz CT molecular complexity index is 2720. The smallest absolute Gasteiger partial charge is 0.277 e. The number of thiophene rings is 2. The standard InChI is InChI=1S/C42H31BN2OS2/c1-41-22-9-10-23-42(41,2)45-36-27-14-5-8-19-33(27)48-40(36)43-34-29(21-20-28(41)37(34)45)44(35-26-13-4-7-18-32(26)47-39(35)43)30-16-11-15-25-24-12-3-6-17-31(24)46-38(25)30/h3-8,11-21H,9-10,22-23H2,1-2H3. The van der Waals surface area contributed by atoms with Gasteiger partial charge in [0.25, 0.3) is 6.71 Å². The summed E-state index contributed by atoms with van der Waals surface area (Å²) in [5.74, 6) is 0. The van der Waals surface area contributed by atoms with Crippen LogP contribution in [0.25, 0.3) is 42.1 Å². The van der Waals surface area contributed by atoms with Gasteiger partial charge in [-0.05, 0) is 61.1 Å². The summed E-state index contributed by atoms with van der Waals surface area (Å²) in [4.78, 5) is 5.44. The van der Waals surface area contributed by atoms with E-state index in [9.17, 15) is 0 Å². The van der Waals surface area contributed by atoms with E-state index in [4.69, 9.17) is 4.42 Å². The van der Waals surface area contributed by atoms with E-state index in [1.807, 2.05) is 22.7 Å². The number of rotatable bonds is 1. The minimum absolute atomic E-state index is 0.0102. The number of hydrogen-bond acceptors (Lipinski definition) is 5. The van der Waals surface area contributed by atoms with Crippen LogP contribution in [-0.4, -0.2) is 12.3 Å². The van der Waals surface area contributed by atoms with Gasteiger partial charge in [0.1, 0.15) is 5.58 Å². The van der Waals surface area contributed by atoms with Gasteiger partial charge in [-0.25, -0.2) is 0 Å². The number of para-hydroxylation sites is 2. The summed E-state index contributed by atoms with van der Waals surface area (Å²) in [5.41, 5.74) is 11.7. The van der Waals surface area contributed by atoms with Crippen LogP contribution in [-0.2, 0) is 5.41 Å². The Labute approximate surface area is 287 Å². The number of furan rings is 1. The SMILES string of the molecule is CC12CCCCC1(C)N1c3c2ccc2c3B(c3sc4ccccc4c3N2c2cccc3c2oc2ccccc23)c2sc3ccccc3c21. The molecule has 6 heterocycles. The first-order chi connectivity index (χ1) is 23.6. The second kappa shape index (κ2) is 8.74. The molecule has 1 aliphatic carbocycles. The zero-order valence-corrected chi connectivity index (χ0v) is 28.5. The van der Waals surface area contributed by atoms with Crippen molar-refractivity contribution in [3.05, 3.63) is 109 Å². The molecule has 48 heavy (non-hydrogen) atoms. The van der Waals surface area contributed by atoms with Crippen molar-refractivity contribution in [2.45, 2.75) is 50.5 Å². The fourth-order valence-corrected chi connectivity index (χ4v) is 13.0. The van der Waals surface area contributed by atoms with Crippen LogP contribution < -0.4 is 24.8 Å². The molecule has 2 unspecified atom stereocenters.